The molecule has 50 heavy (non-hydrogen) atoms. The van der Waals surface area contributed by atoms with Crippen LogP contribution in [0.3, 0.4) is 0 Å². The van der Waals surface area contributed by atoms with Crippen LogP contribution in [0.5, 0.6) is 0 Å². The molecule has 234 valence electrons. The summed E-state index contributed by atoms with van der Waals surface area (Å²) in [6.45, 7) is 4.51. The largest absolute Gasteiger partial charge is 0.0622 e. The molecule has 4 aliphatic carbocycles. The fraction of sp³-hybridized carbons (Fsp3) is 0.0800. The molecule has 0 heterocycles. The topological polar surface area (TPSA) is 0 Å². The Balaban J connectivity index is 1.20. The Morgan fingerprint density at radius 3 is 1.32 bits per heavy atom. The first-order chi connectivity index (χ1) is 24.7. The molecule has 2 atom stereocenters. The highest BCUT2D eigenvalue weighted by molar-refractivity contribution is 6.23. The molecular weight excluding hydrogens is 601 g/mol. The lowest BCUT2D eigenvalue weighted by Gasteiger charge is -2.30. The van der Waals surface area contributed by atoms with E-state index >= 15 is 0 Å². The van der Waals surface area contributed by atoms with E-state index in [-0.39, 0.29) is 0 Å². The van der Waals surface area contributed by atoms with Crippen molar-refractivity contribution < 1.29 is 0 Å². The Hall–Kier alpha value is -5.98. The Bertz CT molecular complexity index is 2730. The minimum atomic E-state index is 0.315. The molecule has 0 saturated carbocycles. The summed E-state index contributed by atoms with van der Waals surface area (Å²) in [4.78, 5) is 0. The van der Waals surface area contributed by atoms with E-state index < -0.39 is 0 Å². The Morgan fingerprint density at radius 1 is 0.320 bits per heavy atom. The molecule has 0 radical (unpaired) electrons. The summed E-state index contributed by atoms with van der Waals surface area (Å²) in [6.07, 6.45) is 9.82. The number of hydrogen-bond donors (Lipinski definition) is 0. The molecule has 0 aliphatic heterocycles. The van der Waals surface area contributed by atoms with Crippen molar-refractivity contribution in [3.05, 3.63) is 191 Å². The standard InChI is InChI=1S/C50H34/c1-29-13-11-14-30(2)45(29)39-22-12-21-35-36-23-24-37-41-27-43-44(28-42(41)38-25-26-40(48(35)39)50(36)49(37)38)47(32-17-7-4-8-18-32)34-20-10-9-19-33(34)46(43)31-15-5-3-6-16-31/h3-28,49-50H,1-2H3. The van der Waals surface area contributed by atoms with Crippen LogP contribution >= 0.6 is 0 Å². The van der Waals surface area contributed by atoms with Crippen molar-refractivity contribution in [2.24, 2.45) is 11.8 Å². The smallest absolute Gasteiger partial charge is 0.0212 e. The number of benzene rings is 7. The maximum Gasteiger partial charge on any atom is 0.0212 e. The van der Waals surface area contributed by atoms with Crippen LogP contribution < -0.4 is 0 Å². The zero-order valence-corrected chi connectivity index (χ0v) is 28.2. The summed E-state index contributed by atoms with van der Waals surface area (Å²) in [6, 6.07) is 49.7. The van der Waals surface area contributed by atoms with E-state index in [0.717, 1.165) is 0 Å². The highest BCUT2D eigenvalue weighted by Crippen LogP contribution is 2.64. The third-order valence-electron chi connectivity index (χ3n) is 11.9. The van der Waals surface area contributed by atoms with Crippen LogP contribution in [-0.4, -0.2) is 0 Å². The van der Waals surface area contributed by atoms with Crippen LogP contribution in [0, 0.1) is 25.7 Å². The van der Waals surface area contributed by atoms with Gasteiger partial charge in [-0.25, -0.2) is 0 Å². The van der Waals surface area contributed by atoms with Gasteiger partial charge in [-0.15, -0.1) is 0 Å². The molecule has 7 aromatic rings. The van der Waals surface area contributed by atoms with Gasteiger partial charge in [-0.2, -0.15) is 0 Å². The number of rotatable bonds is 3. The zero-order valence-electron chi connectivity index (χ0n) is 28.2. The monoisotopic (exact) mass is 634 g/mol. The van der Waals surface area contributed by atoms with Crippen LogP contribution in [0.15, 0.2) is 158 Å². The van der Waals surface area contributed by atoms with Gasteiger partial charge in [0.1, 0.15) is 0 Å². The fourth-order valence-electron chi connectivity index (χ4n) is 9.92. The highest BCUT2D eigenvalue weighted by Gasteiger charge is 2.48. The molecule has 0 nitrogen and oxygen atoms in total. The minimum Gasteiger partial charge on any atom is -0.0622 e. The normalized spacial score (nSPS) is 17.9. The van der Waals surface area contributed by atoms with Gasteiger partial charge < -0.3 is 0 Å². The molecule has 2 unspecified atom stereocenters. The predicted molar refractivity (Wildman–Crippen MR) is 213 cm³/mol. The lowest BCUT2D eigenvalue weighted by atomic mass is 9.72. The van der Waals surface area contributed by atoms with E-state index in [4.69, 9.17) is 0 Å². The van der Waals surface area contributed by atoms with Crippen LogP contribution in [-0.2, 0) is 0 Å². The van der Waals surface area contributed by atoms with E-state index in [9.17, 15) is 0 Å². The average molecular weight is 635 g/mol. The van der Waals surface area contributed by atoms with E-state index in [1.54, 1.807) is 0 Å². The van der Waals surface area contributed by atoms with Gasteiger partial charge in [0.05, 0.1) is 0 Å². The van der Waals surface area contributed by atoms with Crippen molar-refractivity contribution in [1.82, 2.24) is 0 Å². The molecule has 0 amide bonds. The molecule has 0 saturated heterocycles. The summed E-state index contributed by atoms with van der Waals surface area (Å²) in [5, 5.41) is 5.24. The van der Waals surface area contributed by atoms with Crippen LogP contribution in [0.2, 0.25) is 0 Å². The second-order valence-corrected chi connectivity index (χ2v) is 14.4. The first kappa shape index (κ1) is 27.9. The SMILES string of the molecule is Cc1cccc(C)c1-c1cccc2c1C1=CC=C3c4cc5c(-c6ccccc6)c6ccccc6c(-c6ccccc6)c5cc4C4=CC=C2C1C43. The van der Waals surface area contributed by atoms with Crippen molar-refractivity contribution in [1.29, 1.82) is 0 Å². The third-order valence-corrected chi connectivity index (χ3v) is 11.9. The van der Waals surface area contributed by atoms with Gasteiger partial charge in [-0.1, -0.05) is 146 Å². The zero-order chi connectivity index (χ0) is 33.1. The minimum absolute atomic E-state index is 0.315. The van der Waals surface area contributed by atoms with Crippen molar-refractivity contribution in [3.8, 4) is 33.4 Å². The average Bonchev–Trinajstić information content (AvgIpc) is 3.65. The number of aryl methyl sites for hydroxylation is 2. The lowest BCUT2D eigenvalue weighted by molar-refractivity contribution is 0.758. The van der Waals surface area contributed by atoms with E-state index in [0.29, 0.717) is 11.8 Å². The summed E-state index contributed by atoms with van der Waals surface area (Å²) >= 11 is 0. The Labute approximate surface area is 293 Å². The van der Waals surface area contributed by atoms with E-state index in [2.05, 4.69) is 172 Å². The van der Waals surface area contributed by atoms with Gasteiger partial charge in [-0.3, -0.25) is 0 Å². The maximum atomic E-state index is 2.54. The number of allylic oxidation sites excluding steroid dienone is 8. The quantitative estimate of drug-likeness (QED) is 0.170. The third kappa shape index (κ3) is 3.66. The van der Waals surface area contributed by atoms with Gasteiger partial charge in [0.2, 0.25) is 0 Å². The first-order valence-electron chi connectivity index (χ1n) is 17.9. The second kappa shape index (κ2) is 10.3. The molecule has 0 aromatic heterocycles. The van der Waals surface area contributed by atoms with Crippen molar-refractivity contribution in [2.75, 3.05) is 0 Å². The molecule has 0 heteroatoms. The van der Waals surface area contributed by atoms with E-state index in [1.165, 1.54) is 111 Å². The molecule has 0 bridgehead atoms. The Morgan fingerprint density at radius 2 is 0.760 bits per heavy atom. The summed E-state index contributed by atoms with van der Waals surface area (Å²) in [7, 11) is 0. The van der Waals surface area contributed by atoms with Crippen molar-refractivity contribution in [3.63, 3.8) is 0 Å². The molecule has 0 N–H and O–H groups in total. The predicted octanol–water partition coefficient (Wildman–Crippen LogP) is 13.1. The molecule has 11 rings (SSSR count). The molecule has 4 aliphatic rings. The van der Waals surface area contributed by atoms with E-state index in [1.807, 2.05) is 0 Å². The summed E-state index contributed by atoms with van der Waals surface area (Å²) in [5.74, 6) is 0.641. The Kier molecular flexibility index (Phi) is 5.73. The van der Waals surface area contributed by atoms with Crippen molar-refractivity contribution >= 4 is 43.8 Å². The fourth-order valence-corrected chi connectivity index (χ4v) is 9.92. The molecule has 0 fully saturated rings. The van der Waals surface area contributed by atoms with Gasteiger partial charge in [0.15, 0.2) is 0 Å². The molecule has 7 aromatic carbocycles. The van der Waals surface area contributed by atoms with Crippen molar-refractivity contribution in [2.45, 2.75) is 13.8 Å². The van der Waals surface area contributed by atoms with Gasteiger partial charge in [0.25, 0.3) is 0 Å². The van der Waals surface area contributed by atoms with Gasteiger partial charge in [-0.05, 0) is 137 Å². The summed E-state index contributed by atoms with van der Waals surface area (Å²) < 4.78 is 0. The number of fused-ring (bicyclic) bond motifs is 8. The van der Waals surface area contributed by atoms with Crippen LogP contribution in [0.1, 0.15) is 33.4 Å². The lowest BCUT2D eigenvalue weighted by Crippen LogP contribution is -2.17. The second-order valence-electron chi connectivity index (χ2n) is 14.4. The van der Waals surface area contributed by atoms with Gasteiger partial charge in [0, 0.05) is 11.8 Å². The first-order valence-corrected chi connectivity index (χ1v) is 17.9. The number of hydrogen-bond acceptors (Lipinski definition) is 0. The molecular formula is C50H34. The maximum absolute atomic E-state index is 2.54. The van der Waals surface area contributed by atoms with Gasteiger partial charge >= 0.3 is 0 Å². The van der Waals surface area contributed by atoms with Crippen LogP contribution in [0.4, 0.5) is 0 Å². The molecule has 0 spiro atoms. The highest BCUT2D eigenvalue weighted by atomic mass is 14.5. The summed E-state index contributed by atoms with van der Waals surface area (Å²) in [5.41, 5.74) is 22.0. The van der Waals surface area contributed by atoms with Crippen LogP contribution in [0.25, 0.3) is 77.2 Å².